The molecule has 0 unspecified atom stereocenters. The van der Waals surface area contributed by atoms with E-state index in [4.69, 9.17) is 0 Å². The molecular formula is C48H52F6N8O6. The van der Waals surface area contributed by atoms with Gasteiger partial charge in [0.05, 0.1) is 46.7 Å². The van der Waals surface area contributed by atoms with Gasteiger partial charge in [-0.25, -0.2) is 19.6 Å². The number of imidazole rings is 2. The van der Waals surface area contributed by atoms with Crippen molar-refractivity contribution in [3.63, 3.8) is 0 Å². The van der Waals surface area contributed by atoms with Crippen LogP contribution in [-0.4, -0.2) is 124 Å². The highest BCUT2D eigenvalue weighted by Crippen LogP contribution is 2.81. The summed E-state index contributed by atoms with van der Waals surface area (Å²) in [6.07, 6.45) is -7.56. The van der Waals surface area contributed by atoms with Gasteiger partial charge in [-0.15, -0.1) is 0 Å². The maximum absolute atomic E-state index is 14.3. The number of halogens is 6. The van der Waals surface area contributed by atoms with Gasteiger partial charge in [-0.2, -0.15) is 26.3 Å². The number of carboxylic acid groups (broad SMARTS) is 2. The first-order valence-corrected chi connectivity index (χ1v) is 22.9. The van der Waals surface area contributed by atoms with Crippen LogP contribution in [0.5, 0.6) is 0 Å². The predicted molar refractivity (Wildman–Crippen MR) is 232 cm³/mol. The fourth-order valence-corrected chi connectivity index (χ4v) is 13.3. The predicted octanol–water partition coefficient (Wildman–Crippen LogP) is 9.66. The van der Waals surface area contributed by atoms with E-state index in [0.29, 0.717) is 48.7 Å². The molecule has 0 radical (unpaired) electrons. The summed E-state index contributed by atoms with van der Waals surface area (Å²) in [5.74, 6) is -0.00151. The summed E-state index contributed by atoms with van der Waals surface area (Å²) in [5, 5.41) is 19.8. The number of aromatic amines is 2. The molecule has 362 valence electrons. The van der Waals surface area contributed by atoms with Crippen LogP contribution in [0.2, 0.25) is 0 Å². The quantitative estimate of drug-likeness (QED) is 0.107. The summed E-state index contributed by atoms with van der Waals surface area (Å²) < 4.78 is 82.7. The highest BCUT2D eigenvalue weighted by molar-refractivity contribution is 5.89. The number of amides is 4. The van der Waals surface area contributed by atoms with E-state index >= 15 is 0 Å². The Bertz CT molecular complexity index is 2460. The minimum absolute atomic E-state index is 0.270. The van der Waals surface area contributed by atoms with Crippen molar-refractivity contribution in [3.8, 4) is 33.6 Å². The first-order chi connectivity index (χ1) is 31.9. The molecule has 2 saturated heterocycles. The standard InChI is InChI=1S/C48H52F6N8O6/c1-25-5-15-33(61(25)39(63)35(59(3)41(65)66)43-19-45(20-43,21-43)47(49,50)51)37-55-17-31(57-37)29-11-7-27(8-12-29)28-9-13-30(14-10-28)32-18-56-38(58-32)34-16-6-26(2)62(34)40(64)36(60(4)42(67)68)44-22-46(23-44,24-44)48(52,53)54/h7-14,17-18,25-26,33-36H,5-6,15-16,19-24H2,1-4H3,(H,55,57)(H,56,58)(H,65,66)(H,67,68)/t25-,26-,33-,34-,35+,36+,43?,44?,45?,46?/m0/s1. The van der Waals surface area contributed by atoms with Crippen LogP contribution in [-0.2, 0) is 9.59 Å². The van der Waals surface area contributed by atoms with Gasteiger partial charge in [0.25, 0.3) is 0 Å². The third kappa shape index (κ3) is 6.72. The Kier molecular flexibility index (Phi) is 10.2. The van der Waals surface area contributed by atoms with Crippen molar-refractivity contribution in [3.05, 3.63) is 72.6 Å². The van der Waals surface area contributed by atoms with E-state index in [9.17, 15) is 55.7 Å². The zero-order valence-electron chi connectivity index (χ0n) is 37.8. The Morgan fingerprint density at radius 1 is 0.588 bits per heavy atom. The van der Waals surface area contributed by atoms with Crippen molar-refractivity contribution in [2.75, 3.05) is 14.1 Å². The average Bonchev–Trinajstić information content (AvgIpc) is 4.04. The number of alkyl halides is 6. The lowest BCUT2D eigenvalue weighted by Gasteiger charge is -2.73. The Balaban J connectivity index is 0.809. The second kappa shape index (κ2) is 15.2. The van der Waals surface area contributed by atoms with Crippen molar-refractivity contribution in [1.82, 2.24) is 39.5 Å². The number of aromatic nitrogens is 4. The number of hydrogen-bond acceptors (Lipinski definition) is 6. The second-order valence-electron chi connectivity index (χ2n) is 20.8. The zero-order valence-corrected chi connectivity index (χ0v) is 37.8. The Labute approximate surface area is 387 Å². The summed E-state index contributed by atoms with van der Waals surface area (Å²) in [7, 11) is 2.50. The first kappa shape index (κ1) is 45.7. The molecule has 4 heterocycles. The van der Waals surface area contributed by atoms with E-state index in [-0.39, 0.29) is 50.6 Å². The molecule has 12 rings (SSSR count). The van der Waals surface area contributed by atoms with Gasteiger partial charge in [0.1, 0.15) is 23.7 Å². The van der Waals surface area contributed by atoms with Gasteiger partial charge in [0.2, 0.25) is 11.8 Å². The third-order valence-corrected chi connectivity index (χ3v) is 16.7. The molecule has 2 aromatic carbocycles. The minimum atomic E-state index is -4.41. The molecule has 4 N–H and O–H groups in total. The van der Waals surface area contributed by atoms with Crippen molar-refractivity contribution < 1.29 is 55.7 Å². The van der Waals surface area contributed by atoms with Crippen molar-refractivity contribution in [2.45, 2.75) is 127 Å². The highest BCUT2D eigenvalue weighted by atomic mass is 19.4. The largest absolute Gasteiger partial charge is 0.465 e. The Morgan fingerprint density at radius 3 is 1.19 bits per heavy atom. The number of likely N-dealkylation sites (tertiary alicyclic amines) is 2. The lowest BCUT2D eigenvalue weighted by Crippen LogP contribution is -2.76. The fourth-order valence-electron chi connectivity index (χ4n) is 13.3. The zero-order chi connectivity index (χ0) is 48.7. The van der Waals surface area contributed by atoms with Crippen LogP contribution in [0.15, 0.2) is 60.9 Å². The summed E-state index contributed by atoms with van der Waals surface area (Å²) in [5.41, 5.74) is -0.976. The molecule has 2 aromatic heterocycles. The number of nitrogens with one attached hydrogen (secondary N) is 2. The van der Waals surface area contributed by atoms with Gasteiger partial charge in [-0.05, 0) is 100 Å². The van der Waals surface area contributed by atoms with Crippen LogP contribution in [0.1, 0.15) is 102 Å². The second-order valence-corrected chi connectivity index (χ2v) is 20.8. The van der Waals surface area contributed by atoms with Gasteiger partial charge in [0, 0.05) is 37.0 Å². The third-order valence-electron chi connectivity index (χ3n) is 16.7. The molecule has 14 nitrogen and oxygen atoms in total. The fraction of sp³-hybridized carbons (Fsp3) is 0.542. The van der Waals surface area contributed by atoms with Crippen molar-refractivity contribution in [1.29, 1.82) is 0 Å². The average molecular weight is 951 g/mol. The summed E-state index contributed by atoms with van der Waals surface area (Å²) in [6.45, 7) is 3.71. The van der Waals surface area contributed by atoms with E-state index in [1.54, 1.807) is 22.2 Å². The minimum Gasteiger partial charge on any atom is -0.465 e. The molecule has 68 heavy (non-hydrogen) atoms. The number of carbonyl (C=O) groups excluding carboxylic acids is 2. The van der Waals surface area contributed by atoms with E-state index in [2.05, 4.69) is 19.9 Å². The maximum atomic E-state index is 14.3. The van der Waals surface area contributed by atoms with E-state index in [0.717, 1.165) is 32.1 Å². The lowest BCUT2D eigenvalue weighted by molar-refractivity contribution is -0.371. The molecule has 8 aliphatic rings. The van der Waals surface area contributed by atoms with Crippen LogP contribution >= 0.6 is 0 Å². The van der Waals surface area contributed by atoms with Gasteiger partial charge >= 0.3 is 24.5 Å². The van der Waals surface area contributed by atoms with Crippen molar-refractivity contribution in [2.24, 2.45) is 21.7 Å². The number of benzene rings is 2. The topological polar surface area (TPSA) is 179 Å². The molecule has 8 fully saturated rings. The smallest absolute Gasteiger partial charge is 0.407 e. The molecule has 0 spiro atoms. The molecule has 6 saturated carbocycles. The molecule has 4 bridgehead atoms. The molecule has 6 aliphatic carbocycles. The van der Waals surface area contributed by atoms with Gasteiger partial charge < -0.3 is 30.0 Å². The van der Waals surface area contributed by atoms with Crippen LogP contribution < -0.4 is 0 Å². The maximum Gasteiger partial charge on any atom is 0.407 e. The van der Waals surface area contributed by atoms with Gasteiger partial charge in [-0.3, -0.25) is 19.4 Å². The molecule has 2 aliphatic heterocycles. The summed E-state index contributed by atoms with van der Waals surface area (Å²) >= 11 is 0. The number of rotatable bonds is 11. The molecular weight excluding hydrogens is 899 g/mol. The van der Waals surface area contributed by atoms with Gasteiger partial charge in [-0.1, -0.05) is 48.5 Å². The molecule has 4 amide bonds. The number of hydrogen-bond donors (Lipinski definition) is 4. The lowest BCUT2D eigenvalue weighted by atomic mass is 9.32. The summed E-state index contributed by atoms with van der Waals surface area (Å²) in [6, 6.07) is 11.4. The molecule has 20 heteroatoms. The Morgan fingerprint density at radius 2 is 0.897 bits per heavy atom. The number of likely N-dealkylation sites (N-methyl/N-ethyl adjacent to an activating group) is 2. The molecule has 4 aromatic rings. The highest BCUT2D eigenvalue weighted by Gasteiger charge is 2.83. The van der Waals surface area contributed by atoms with Crippen LogP contribution in [0, 0.1) is 21.7 Å². The Hall–Kier alpha value is -6.08. The van der Waals surface area contributed by atoms with Crippen LogP contribution in [0.3, 0.4) is 0 Å². The monoisotopic (exact) mass is 950 g/mol. The number of H-pyrrole nitrogens is 2. The van der Waals surface area contributed by atoms with Crippen molar-refractivity contribution >= 4 is 24.0 Å². The molecule has 6 atom stereocenters. The van der Waals surface area contributed by atoms with Crippen LogP contribution in [0.25, 0.3) is 33.6 Å². The van der Waals surface area contributed by atoms with E-state index in [1.807, 2.05) is 62.4 Å². The first-order valence-electron chi connectivity index (χ1n) is 22.9. The van der Waals surface area contributed by atoms with Crippen LogP contribution in [0.4, 0.5) is 35.9 Å². The van der Waals surface area contributed by atoms with E-state index in [1.165, 1.54) is 14.1 Å². The van der Waals surface area contributed by atoms with E-state index < -0.39 is 82.2 Å². The summed E-state index contributed by atoms with van der Waals surface area (Å²) in [4.78, 5) is 73.9. The number of carbonyl (C=O) groups is 4. The SMILES string of the molecule is C[C@H]1CC[C@@H](c2ncc(-c3ccc(-c4ccc(-c5cnc([C@@H]6CC[C@H](C)N6C(=O)[C@@H](N(C)C(=O)O)C67CC(C(F)(F)F)(C6)C7)[nH]5)cc4)cc3)[nH]2)N1C(=O)[C@@H](N(C)C(=O)O)C12CC(C(F)(F)F)(C1)C2. The van der Waals surface area contributed by atoms with Gasteiger partial charge in [0.15, 0.2) is 0 Å². The number of nitrogens with zero attached hydrogens (tertiary/aromatic N) is 6. The normalized spacial score (nSPS) is 31.2.